The maximum absolute atomic E-state index is 8.82. The third-order valence-corrected chi connectivity index (χ3v) is 4.00. The van der Waals surface area contributed by atoms with Gasteiger partial charge in [-0.15, -0.1) is 0 Å². The van der Waals surface area contributed by atoms with E-state index in [9.17, 15) is 0 Å². The Hall–Kier alpha value is -0.850. The highest BCUT2D eigenvalue weighted by Gasteiger charge is 2.27. The van der Waals surface area contributed by atoms with Crippen LogP contribution >= 0.6 is 0 Å². The van der Waals surface area contributed by atoms with Crippen molar-refractivity contribution in [1.82, 2.24) is 9.80 Å². The molecule has 19 heavy (non-hydrogen) atoms. The van der Waals surface area contributed by atoms with Gasteiger partial charge in [-0.2, -0.15) is 0 Å². The van der Waals surface area contributed by atoms with Crippen molar-refractivity contribution in [1.29, 1.82) is 0 Å². The lowest BCUT2D eigenvalue weighted by atomic mass is 10.1. The molecule has 0 saturated carbocycles. The van der Waals surface area contributed by atoms with Crippen LogP contribution in [0.1, 0.15) is 26.7 Å². The smallest absolute Gasteiger partial charge is 0.156 e. The van der Waals surface area contributed by atoms with Gasteiger partial charge in [0.25, 0.3) is 0 Å². The highest BCUT2D eigenvalue weighted by Crippen LogP contribution is 2.13. The molecule has 0 aromatic rings. The van der Waals surface area contributed by atoms with Gasteiger partial charge in [-0.1, -0.05) is 12.1 Å². The van der Waals surface area contributed by atoms with Crippen molar-refractivity contribution in [2.24, 2.45) is 10.9 Å². The zero-order valence-electron chi connectivity index (χ0n) is 12.4. The van der Waals surface area contributed by atoms with Gasteiger partial charge in [-0.05, 0) is 19.8 Å². The van der Waals surface area contributed by atoms with E-state index >= 15 is 0 Å². The molecule has 2 unspecified atom stereocenters. The van der Waals surface area contributed by atoms with Crippen LogP contribution in [0.5, 0.6) is 0 Å². The van der Waals surface area contributed by atoms with Crippen LogP contribution in [0.2, 0.25) is 0 Å². The number of hydrogen-bond donors (Lipinski definition) is 2. The molecule has 1 rings (SSSR count). The molecule has 0 bridgehead atoms. The lowest BCUT2D eigenvalue weighted by Crippen LogP contribution is -2.55. The van der Waals surface area contributed by atoms with Gasteiger partial charge in [0.05, 0.1) is 6.04 Å². The average Bonchev–Trinajstić information content (AvgIpc) is 2.46. The van der Waals surface area contributed by atoms with Gasteiger partial charge < -0.3 is 15.7 Å². The van der Waals surface area contributed by atoms with Gasteiger partial charge >= 0.3 is 0 Å². The van der Waals surface area contributed by atoms with E-state index in [-0.39, 0.29) is 6.04 Å². The first-order valence-electron chi connectivity index (χ1n) is 7.08. The van der Waals surface area contributed by atoms with E-state index in [1.54, 1.807) is 7.11 Å². The zero-order chi connectivity index (χ0) is 14.3. The van der Waals surface area contributed by atoms with Gasteiger partial charge in [0.1, 0.15) is 0 Å². The van der Waals surface area contributed by atoms with Crippen molar-refractivity contribution in [3.05, 3.63) is 0 Å². The summed E-state index contributed by atoms with van der Waals surface area (Å²) >= 11 is 0. The summed E-state index contributed by atoms with van der Waals surface area (Å²) in [4.78, 5) is 4.78. The molecule has 0 aliphatic carbocycles. The summed E-state index contributed by atoms with van der Waals surface area (Å²) in [6, 6.07) is 0.604. The molecule has 0 amide bonds. The maximum atomic E-state index is 8.82. The minimum absolute atomic E-state index is 0.0569. The third kappa shape index (κ3) is 4.63. The summed E-state index contributed by atoms with van der Waals surface area (Å²) < 4.78 is 5.13. The SMILES string of the molecule is CCC(C(N)=NO)N1CCN(C(C)CCOC)CC1. The quantitative estimate of drug-likeness (QED) is 0.306. The average molecular weight is 272 g/mol. The van der Waals surface area contributed by atoms with E-state index < -0.39 is 0 Å². The molecular formula is C13H28N4O2. The number of rotatable bonds is 7. The Labute approximate surface area is 116 Å². The number of nitrogens with zero attached hydrogens (tertiary/aromatic N) is 3. The number of ether oxygens (including phenoxy) is 1. The predicted molar refractivity (Wildman–Crippen MR) is 76.6 cm³/mol. The Morgan fingerprint density at radius 1 is 1.32 bits per heavy atom. The molecule has 1 saturated heterocycles. The Balaban J connectivity index is 2.43. The van der Waals surface area contributed by atoms with Crippen LogP contribution in [0.15, 0.2) is 5.16 Å². The summed E-state index contributed by atoms with van der Waals surface area (Å²) in [7, 11) is 1.74. The van der Waals surface area contributed by atoms with Crippen LogP contribution < -0.4 is 5.73 Å². The topological polar surface area (TPSA) is 74.3 Å². The standard InChI is InChI=1S/C13H28N4O2/c1-4-12(13(14)15-18)17-8-6-16(7-9-17)11(2)5-10-19-3/h11-12,18H,4-10H2,1-3H3,(H2,14,15). The maximum Gasteiger partial charge on any atom is 0.156 e. The van der Waals surface area contributed by atoms with E-state index in [1.807, 2.05) is 0 Å². The number of methoxy groups -OCH3 is 1. The van der Waals surface area contributed by atoms with Crippen molar-refractivity contribution in [3.8, 4) is 0 Å². The lowest BCUT2D eigenvalue weighted by Gasteiger charge is -2.40. The minimum Gasteiger partial charge on any atom is -0.409 e. The Morgan fingerprint density at radius 2 is 1.89 bits per heavy atom. The van der Waals surface area contributed by atoms with Crippen molar-refractivity contribution >= 4 is 5.84 Å². The Kier molecular flexibility index (Phi) is 7.12. The predicted octanol–water partition coefficient (Wildman–Crippen LogP) is 0.554. The van der Waals surface area contributed by atoms with E-state index in [4.69, 9.17) is 15.7 Å². The van der Waals surface area contributed by atoms with E-state index in [0.29, 0.717) is 11.9 Å². The Bertz CT molecular complexity index is 278. The lowest BCUT2D eigenvalue weighted by molar-refractivity contribution is 0.0727. The van der Waals surface area contributed by atoms with Gasteiger partial charge in [0.2, 0.25) is 0 Å². The summed E-state index contributed by atoms with van der Waals surface area (Å²) in [5, 5.41) is 12.0. The van der Waals surface area contributed by atoms with E-state index in [0.717, 1.165) is 45.6 Å². The van der Waals surface area contributed by atoms with E-state index in [2.05, 4.69) is 28.8 Å². The molecule has 0 radical (unpaired) electrons. The second-order valence-electron chi connectivity index (χ2n) is 5.15. The van der Waals surface area contributed by atoms with Crippen molar-refractivity contribution in [3.63, 3.8) is 0 Å². The minimum atomic E-state index is 0.0569. The monoisotopic (exact) mass is 272 g/mol. The number of oxime groups is 1. The third-order valence-electron chi connectivity index (χ3n) is 4.00. The molecule has 0 aromatic heterocycles. The summed E-state index contributed by atoms with van der Waals surface area (Å²) in [5.74, 6) is 0.323. The fraction of sp³-hybridized carbons (Fsp3) is 0.923. The largest absolute Gasteiger partial charge is 0.409 e. The number of amidine groups is 1. The number of hydrogen-bond acceptors (Lipinski definition) is 5. The molecule has 0 aromatic carbocycles. The molecule has 0 spiro atoms. The van der Waals surface area contributed by atoms with Gasteiger partial charge in [-0.3, -0.25) is 9.80 Å². The highest BCUT2D eigenvalue weighted by atomic mass is 16.5. The first-order valence-corrected chi connectivity index (χ1v) is 7.08. The Morgan fingerprint density at radius 3 is 2.37 bits per heavy atom. The fourth-order valence-electron chi connectivity index (χ4n) is 2.68. The van der Waals surface area contributed by atoms with E-state index in [1.165, 1.54) is 0 Å². The second kappa shape index (κ2) is 8.35. The summed E-state index contributed by atoms with van der Waals surface area (Å²) in [5.41, 5.74) is 5.75. The number of piperazine rings is 1. The van der Waals surface area contributed by atoms with Crippen LogP contribution in [0, 0.1) is 0 Å². The second-order valence-corrected chi connectivity index (χ2v) is 5.15. The van der Waals surface area contributed by atoms with Gasteiger partial charge in [0.15, 0.2) is 5.84 Å². The van der Waals surface area contributed by atoms with Crippen LogP contribution in [-0.2, 0) is 4.74 Å². The first-order chi connectivity index (χ1) is 9.13. The normalized spacial score (nSPS) is 22.4. The zero-order valence-corrected chi connectivity index (χ0v) is 12.4. The number of nitrogens with two attached hydrogens (primary N) is 1. The molecule has 3 N–H and O–H groups in total. The van der Waals surface area contributed by atoms with Crippen LogP contribution in [0.3, 0.4) is 0 Å². The van der Waals surface area contributed by atoms with Crippen LogP contribution in [-0.4, -0.2) is 72.8 Å². The molecule has 2 atom stereocenters. The summed E-state index contributed by atoms with van der Waals surface area (Å²) in [6.45, 7) is 9.10. The van der Waals surface area contributed by atoms with Gasteiger partial charge in [0, 0.05) is 45.9 Å². The van der Waals surface area contributed by atoms with Crippen LogP contribution in [0.4, 0.5) is 0 Å². The molecule has 1 aliphatic heterocycles. The highest BCUT2D eigenvalue weighted by molar-refractivity contribution is 5.85. The molecular weight excluding hydrogens is 244 g/mol. The molecule has 1 aliphatic rings. The van der Waals surface area contributed by atoms with Crippen molar-refractivity contribution in [2.75, 3.05) is 39.9 Å². The van der Waals surface area contributed by atoms with Gasteiger partial charge in [-0.25, -0.2) is 0 Å². The molecule has 112 valence electrons. The van der Waals surface area contributed by atoms with Crippen LogP contribution in [0.25, 0.3) is 0 Å². The molecule has 6 nitrogen and oxygen atoms in total. The molecule has 6 heteroatoms. The fourth-order valence-corrected chi connectivity index (χ4v) is 2.68. The van der Waals surface area contributed by atoms with Crippen molar-refractivity contribution in [2.45, 2.75) is 38.8 Å². The van der Waals surface area contributed by atoms with Crippen molar-refractivity contribution < 1.29 is 9.94 Å². The first kappa shape index (κ1) is 16.2. The molecule has 1 fully saturated rings. The molecule has 1 heterocycles. The summed E-state index contributed by atoms with van der Waals surface area (Å²) in [6.07, 6.45) is 1.93.